The van der Waals surface area contributed by atoms with Crippen LogP contribution in [0.4, 0.5) is 0 Å². The van der Waals surface area contributed by atoms with Crippen molar-refractivity contribution in [3.8, 4) is 5.75 Å². The fourth-order valence-corrected chi connectivity index (χ4v) is 0.917. The summed E-state index contributed by atoms with van der Waals surface area (Å²) in [5.74, 6) is -1.15. The SMILES string of the molecule is COc1cc(CO[O-])nc(C(=O)[O-])c1.[K+].[K+]. The number of rotatable bonds is 4. The van der Waals surface area contributed by atoms with Gasteiger partial charge in [0, 0.05) is 12.1 Å². The second-order valence-electron chi connectivity index (χ2n) is 2.43. The minimum atomic E-state index is -1.43. The molecule has 0 unspecified atom stereocenters. The van der Waals surface area contributed by atoms with Gasteiger partial charge in [-0.05, 0) is 0 Å². The zero-order valence-corrected chi connectivity index (χ0v) is 15.6. The molecule has 0 bridgehead atoms. The number of aromatic carboxylic acids is 1. The molecule has 0 aliphatic carbocycles. The van der Waals surface area contributed by atoms with E-state index in [0.717, 1.165) is 0 Å². The van der Waals surface area contributed by atoms with E-state index >= 15 is 0 Å². The van der Waals surface area contributed by atoms with Crippen molar-refractivity contribution in [1.29, 1.82) is 0 Å². The molecule has 16 heavy (non-hydrogen) atoms. The van der Waals surface area contributed by atoms with Crippen LogP contribution in [0.5, 0.6) is 5.75 Å². The Morgan fingerprint density at radius 1 is 1.44 bits per heavy atom. The van der Waals surface area contributed by atoms with Crippen molar-refractivity contribution in [3.63, 3.8) is 0 Å². The topological polar surface area (TPSA) is 94.5 Å². The van der Waals surface area contributed by atoms with Crippen LogP contribution in [-0.2, 0) is 11.5 Å². The summed E-state index contributed by atoms with van der Waals surface area (Å²) >= 11 is 0. The Balaban J connectivity index is 0. The molecule has 0 saturated carbocycles. The molecule has 0 aliphatic rings. The Hall–Kier alpha value is 1.61. The molecule has 0 saturated heterocycles. The number of aromatic nitrogens is 1. The van der Waals surface area contributed by atoms with Crippen LogP contribution in [-0.4, -0.2) is 18.1 Å². The molecule has 0 aliphatic heterocycles. The largest absolute Gasteiger partial charge is 1.00 e. The van der Waals surface area contributed by atoms with Gasteiger partial charge in [0.2, 0.25) is 0 Å². The van der Waals surface area contributed by atoms with Crippen molar-refractivity contribution in [1.82, 2.24) is 4.98 Å². The second kappa shape index (κ2) is 10.5. The van der Waals surface area contributed by atoms with Crippen LogP contribution < -0.4 is 118 Å². The van der Waals surface area contributed by atoms with Gasteiger partial charge in [-0.2, -0.15) is 0 Å². The van der Waals surface area contributed by atoms with Gasteiger partial charge in [0.05, 0.1) is 31.1 Å². The van der Waals surface area contributed by atoms with E-state index in [1.54, 1.807) is 0 Å². The van der Waals surface area contributed by atoms with Crippen LogP contribution in [0.3, 0.4) is 0 Å². The minimum Gasteiger partial charge on any atom is -0.723 e. The summed E-state index contributed by atoms with van der Waals surface area (Å²) in [6.45, 7) is -0.322. The third kappa shape index (κ3) is 6.52. The summed E-state index contributed by atoms with van der Waals surface area (Å²) in [6.07, 6.45) is 0. The van der Waals surface area contributed by atoms with Gasteiger partial charge in [0.25, 0.3) is 0 Å². The minimum absolute atomic E-state index is 0. The summed E-state index contributed by atoms with van der Waals surface area (Å²) in [5.41, 5.74) is -0.116. The average Bonchev–Trinajstić information content (AvgIpc) is 2.17. The van der Waals surface area contributed by atoms with Crippen molar-refractivity contribution in [2.24, 2.45) is 0 Å². The van der Waals surface area contributed by atoms with E-state index < -0.39 is 5.97 Å². The van der Waals surface area contributed by atoms with Crippen molar-refractivity contribution in [2.75, 3.05) is 7.11 Å². The molecule has 8 heteroatoms. The van der Waals surface area contributed by atoms with Gasteiger partial charge >= 0.3 is 103 Å². The molecular formula is C8H7K2NO5. The third-order valence-electron chi connectivity index (χ3n) is 1.50. The smallest absolute Gasteiger partial charge is 0.723 e. The van der Waals surface area contributed by atoms with Gasteiger partial charge < -0.3 is 24.8 Å². The van der Waals surface area contributed by atoms with Gasteiger partial charge in [-0.15, -0.1) is 0 Å². The van der Waals surface area contributed by atoms with E-state index in [0.29, 0.717) is 0 Å². The Labute approximate surface area is 177 Å². The number of carboxylic acids is 1. The fraction of sp³-hybridized carbons (Fsp3) is 0.250. The van der Waals surface area contributed by atoms with E-state index in [9.17, 15) is 15.2 Å². The number of hydrogen-bond donors (Lipinski definition) is 0. The monoisotopic (exact) mass is 275 g/mol. The summed E-state index contributed by atoms with van der Waals surface area (Å²) in [4.78, 5) is 17.7. The molecule has 0 fully saturated rings. The molecule has 0 N–H and O–H groups in total. The Morgan fingerprint density at radius 3 is 2.50 bits per heavy atom. The molecule has 0 amide bonds. The number of methoxy groups -OCH3 is 1. The van der Waals surface area contributed by atoms with E-state index in [1.807, 2.05) is 0 Å². The van der Waals surface area contributed by atoms with Gasteiger partial charge in [0.1, 0.15) is 5.75 Å². The van der Waals surface area contributed by atoms with Crippen LogP contribution in [0, 0.1) is 0 Å². The van der Waals surface area contributed by atoms with Crippen LogP contribution in [0.15, 0.2) is 12.1 Å². The fourth-order valence-electron chi connectivity index (χ4n) is 0.917. The zero-order chi connectivity index (χ0) is 10.6. The first-order chi connectivity index (χ1) is 6.67. The number of hydrogen-bond acceptors (Lipinski definition) is 6. The van der Waals surface area contributed by atoms with Gasteiger partial charge in [0.15, 0.2) is 0 Å². The molecule has 76 valence electrons. The van der Waals surface area contributed by atoms with Crippen molar-refractivity contribution in [2.45, 2.75) is 6.61 Å². The number of carboxylic acid groups (broad SMARTS) is 1. The quantitative estimate of drug-likeness (QED) is 0.308. The third-order valence-corrected chi connectivity index (χ3v) is 1.50. The molecular weight excluding hydrogens is 268 g/mol. The summed E-state index contributed by atoms with van der Waals surface area (Å²) in [7, 11) is 1.37. The average molecular weight is 275 g/mol. The molecule has 6 nitrogen and oxygen atoms in total. The van der Waals surface area contributed by atoms with E-state index in [2.05, 4.69) is 9.87 Å². The van der Waals surface area contributed by atoms with Crippen LogP contribution in [0.2, 0.25) is 0 Å². The standard InChI is InChI=1S/C8H9NO5.2K/c1-13-6-2-5(4-14-12)9-7(3-6)8(10)11;;/h2-3,12H,4H2,1H3,(H,10,11);;/q;2*+1/p-2. The van der Waals surface area contributed by atoms with Gasteiger partial charge in [-0.3, -0.25) is 0 Å². The first kappa shape index (κ1) is 19.9. The predicted octanol–water partition coefficient (Wildman–Crippen LogP) is -7.75. The molecule has 1 aromatic heterocycles. The molecule has 0 radical (unpaired) electrons. The molecule has 1 heterocycles. The van der Waals surface area contributed by atoms with Crippen LogP contribution in [0.1, 0.15) is 16.2 Å². The molecule has 0 spiro atoms. The summed E-state index contributed by atoms with van der Waals surface area (Å²) in [6, 6.07) is 2.61. The number of nitrogens with zero attached hydrogens (tertiary/aromatic N) is 1. The first-order valence-corrected chi connectivity index (χ1v) is 3.68. The second-order valence-corrected chi connectivity index (χ2v) is 2.43. The Bertz CT molecular complexity index is 347. The molecule has 0 atom stereocenters. The predicted molar refractivity (Wildman–Crippen MR) is 39.9 cm³/mol. The number of pyridine rings is 1. The maximum atomic E-state index is 10.5. The number of ether oxygens (including phenoxy) is 1. The maximum absolute atomic E-state index is 10.5. The molecule has 1 aromatic rings. The van der Waals surface area contributed by atoms with E-state index in [-0.39, 0.29) is 127 Å². The number of carbonyl (C=O) groups excluding carboxylic acids is 1. The summed E-state index contributed by atoms with van der Waals surface area (Å²) in [5, 5.41) is 20.3. The van der Waals surface area contributed by atoms with Crippen LogP contribution in [0.25, 0.3) is 0 Å². The van der Waals surface area contributed by atoms with Crippen LogP contribution >= 0.6 is 0 Å². The maximum Gasteiger partial charge on any atom is 1.00 e. The van der Waals surface area contributed by atoms with Crippen molar-refractivity contribution < 1.29 is 128 Å². The van der Waals surface area contributed by atoms with Gasteiger partial charge in [-0.1, -0.05) is 0 Å². The first-order valence-electron chi connectivity index (χ1n) is 3.68. The van der Waals surface area contributed by atoms with Crippen molar-refractivity contribution >= 4 is 5.97 Å². The van der Waals surface area contributed by atoms with E-state index in [4.69, 9.17) is 4.74 Å². The van der Waals surface area contributed by atoms with Crippen molar-refractivity contribution in [3.05, 3.63) is 23.5 Å². The zero-order valence-electron chi connectivity index (χ0n) is 9.35. The Kier molecular flexibility index (Phi) is 13.1. The van der Waals surface area contributed by atoms with E-state index in [1.165, 1.54) is 19.2 Å². The summed E-state index contributed by atoms with van der Waals surface area (Å²) < 4.78 is 4.80. The normalized spacial score (nSPS) is 8.62. The van der Waals surface area contributed by atoms with Gasteiger partial charge in [-0.25, -0.2) is 4.98 Å². The molecule has 1 rings (SSSR count). The number of carbonyl (C=O) groups is 1. The Morgan fingerprint density at radius 2 is 2.06 bits per heavy atom. The molecule has 0 aromatic carbocycles.